The summed E-state index contributed by atoms with van der Waals surface area (Å²) in [5, 5.41) is 0. The topological polar surface area (TPSA) is 3.24 Å². The van der Waals surface area contributed by atoms with E-state index in [0.717, 1.165) is 0 Å². The van der Waals surface area contributed by atoms with Crippen molar-refractivity contribution >= 4 is 16.5 Å². The van der Waals surface area contributed by atoms with Crippen molar-refractivity contribution in [1.82, 2.24) is 4.23 Å². The molecule has 3 heteroatoms. The molecular weight excluding hydrogens is 274 g/mol. The van der Waals surface area contributed by atoms with Crippen LogP contribution in [0.15, 0.2) is 12.7 Å². The zero-order valence-corrected chi connectivity index (χ0v) is 16.5. The van der Waals surface area contributed by atoms with Gasteiger partial charge in [0, 0.05) is 6.54 Å². The van der Waals surface area contributed by atoms with Crippen molar-refractivity contribution in [1.29, 1.82) is 0 Å². The van der Waals surface area contributed by atoms with Gasteiger partial charge in [0.2, 0.25) is 0 Å². The van der Waals surface area contributed by atoms with Gasteiger partial charge in [0.1, 0.15) is 16.5 Å². The van der Waals surface area contributed by atoms with Crippen LogP contribution in [-0.2, 0) is 0 Å². The fourth-order valence-electron chi connectivity index (χ4n) is 4.91. The molecule has 0 N–H and O–H groups in total. The van der Waals surface area contributed by atoms with Gasteiger partial charge in [-0.1, -0.05) is 59.5 Å². The SMILES string of the molecule is C=CCN1[Si](CCC)(CCC)CC[Si]1(CCC)CCC. The van der Waals surface area contributed by atoms with Gasteiger partial charge in [-0.05, 0) is 36.3 Å². The van der Waals surface area contributed by atoms with Crippen molar-refractivity contribution in [2.24, 2.45) is 0 Å². The van der Waals surface area contributed by atoms with Crippen molar-refractivity contribution in [3.63, 3.8) is 0 Å². The minimum atomic E-state index is -1.17. The minimum absolute atomic E-state index is 1.17. The van der Waals surface area contributed by atoms with Crippen LogP contribution in [-0.4, -0.2) is 27.2 Å². The Balaban J connectivity index is 3.10. The van der Waals surface area contributed by atoms with Crippen molar-refractivity contribution in [3.8, 4) is 0 Å². The van der Waals surface area contributed by atoms with Crippen LogP contribution in [0.2, 0.25) is 36.3 Å². The molecule has 0 saturated carbocycles. The third kappa shape index (κ3) is 3.66. The molecule has 1 nitrogen and oxygen atoms in total. The maximum absolute atomic E-state index is 4.10. The molecule has 0 unspecified atom stereocenters. The zero-order chi connectivity index (χ0) is 15.1. The molecule has 1 fully saturated rings. The first kappa shape index (κ1) is 18.2. The highest BCUT2D eigenvalue weighted by atomic mass is 28.4. The Kier molecular flexibility index (Phi) is 7.77. The molecule has 118 valence electrons. The molecule has 1 aliphatic heterocycles. The van der Waals surface area contributed by atoms with E-state index in [4.69, 9.17) is 0 Å². The largest absolute Gasteiger partial charge is 0.342 e. The normalized spacial score (nSPS) is 21.2. The van der Waals surface area contributed by atoms with Crippen molar-refractivity contribution in [3.05, 3.63) is 12.7 Å². The standard InChI is InChI=1S/C17H37NSi2/c1-6-11-18-19(12-7-2,13-8-3)16-17-20(18,14-9-4)15-10-5/h6H,1,7-17H2,2-5H3. The second-order valence-corrected chi connectivity index (χ2v) is 16.3. The van der Waals surface area contributed by atoms with Crippen LogP contribution < -0.4 is 0 Å². The van der Waals surface area contributed by atoms with E-state index in [2.05, 4.69) is 44.6 Å². The lowest BCUT2D eigenvalue weighted by Crippen LogP contribution is -2.60. The van der Waals surface area contributed by atoms with E-state index in [-0.39, 0.29) is 0 Å². The summed E-state index contributed by atoms with van der Waals surface area (Å²) in [5.74, 6) is 0. The maximum Gasteiger partial charge on any atom is 0.121 e. The van der Waals surface area contributed by atoms with Crippen LogP contribution >= 0.6 is 0 Å². The van der Waals surface area contributed by atoms with Gasteiger partial charge in [-0.2, -0.15) is 0 Å². The Morgan fingerprint density at radius 2 is 1.15 bits per heavy atom. The molecule has 0 aromatic rings. The van der Waals surface area contributed by atoms with Gasteiger partial charge in [-0.15, -0.1) is 6.58 Å². The van der Waals surface area contributed by atoms with Gasteiger partial charge in [0.25, 0.3) is 0 Å². The molecule has 0 spiro atoms. The molecule has 0 aromatic carbocycles. The Hall–Kier alpha value is 0.134. The van der Waals surface area contributed by atoms with Crippen molar-refractivity contribution < 1.29 is 0 Å². The highest BCUT2D eigenvalue weighted by Gasteiger charge is 2.54. The maximum atomic E-state index is 4.10. The first-order valence-corrected chi connectivity index (χ1v) is 14.2. The summed E-state index contributed by atoms with van der Waals surface area (Å²) in [6, 6.07) is 9.37. The lowest BCUT2D eigenvalue weighted by Gasteiger charge is -2.46. The fraction of sp³-hybridized carbons (Fsp3) is 0.882. The Bertz CT molecular complexity index is 255. The van der Waals surface area contributed by atoms with Gasteiger partial charge < -0.3 is 4.23 Å². The van der Waals surface area contributed by atoms with Crippen molar-refractivity contribution in [2.45, 2.75) is 89.6 Å². The molecule has 0 aliphatic carbocycles. The van der Waals surface area contributed by atoms with Gasteiger partial charge in [0.05, 0.1) is 0 Å². The second-order valence-electron chi connectivity index (χ2n) is 6.85. The monoisotopic (exact) mass is 311 g/mol. The van der Waals surface area contributed by atoms with Gasteiger partial charge >= 0.3 is 0 Å². The van der Waals surface area contributed by atoms with Gasteiger partial charge in [0.15, 0.2) is 0 Å². The predicted octanol–water partition coefficient (Wildman–Crippen LogP) is 6.02. The van der Waals surface area contributed by atoms with Crippen LogP contribution in [0.1, 0.15) is 53.4 Å². The van der Waals surface area contributed by atoms with Crippen LogP contribution in [0.25, 0.3) is 0 Å². The molecule has 1 aliphatic rings. The molecule has 0 radical (unpaired) electrons. The quantitative estimate of drug-likeness (QED) is 0.352. The first-order chi connectivity index (χ1) is 9.64. The summed E-state index contributed by atoms with van der Waals surface area (Å²) in [5.41, 5.74) is 0. The van der Waals surface area contributed by atoms with E-state index in [1.165, 1.54) is 56.4 Å². The first-order valence-electron chi connectivity index (χ1n) is 9.03. The molecule has 0 aromatic heterocycles. The summed E-state index contributed by atoms with van der Waals surface area (Å²) in [6.07, 6.45) is 7.78. The Morgan fingerprint density at radius 3 is 1.40 bits per heavy atom. The zero-order valence-electron chi connectivity index (χ0n) is 14.5. The number of rotatable bonds is 10. The Labute approximate surface area is 130 Å². The second kappa shape index (κ2) is 8.55. The van der Waals surface area contributed by atoms with E-state index in [1.54, 1.807) is 12.1 Å². The number of hydrogen-bond acceptors (Lipinski definition) is 1. The molecule has 0 bridgehead atoms. The van der Waals surface area contributed by atoms with E-state index >= 15 is 0 Å². The highest BCUT2D eigenvalue weighted by Crippen LogP contribution is 2.47. The van der Waals surface area contributed by atoms with E-state index in [1.807, 2.05) is 0 Å². The highest BCUT2D eigenvalue weighted by molar-refractivity contribution is 6.97. The van der Waals surface area contributed by atoms with E-state index in [0.29, 0.717) is 0 Å². The molecule has 1 rings (SSSR count). The molecule has 1 heterocycles. The summed E-state index contributed by atoms with van der Waals surface area (Å²) >= 11 is 0. The smallest absolute Gasteiger partial charge is 0.121 e. The molecule has 20 heavy (non-hydrogen) atoms. The van der Waals surface area contributed by atoms with Crippen molar-refractivity contribution in [2.75, 3.05) is 6.54 Å². The third-order valence-electron chi connectivity index (χ3n) is 5.37. The lowest BCUT2D eigenvalue weighted by molar-refractivity contribution is 0.646. The Morgan fingerprint density at radius 1 is 0.800 bits per heavy atom. The molecule has 1 saturated heterocycles. The van der Waals surface area contributed by atoms with Crippen LogP contribution in [0.3, 0.4) is 0 Å². The summed E-state index contributed by atoms with van der Waals surface area (Å²) in [4.78, 5) is 0. The molecule has 0 amide bonds. The van der Waals surface area contributed by atoms with Crippen LogP contribution in [0, 0.1) is 0 Å². The molecule has 0 atom stereocenters. The minimum Gasteiger partial charge on any atom is -0.342 e. The predicted molar refractivity (Wildman–Crippen MR) is 98.4 cm³/mol. The van der Waals surface area contributed by atoms with Gasteiger partial charge in [-0.3, -0.25) is 0 Å². The third-order valence-corrected chi connectivity index (χ3v) is 19.5. The number of nitrogens with zero attached hydrogens (tertiary/aromatic N) is 1. The van der Waals surface area contributed by atoms with Crippen LogP contribution in [0.4, 0.5) is 0 Å². The number of hydrogen-bond donors (Lipinski definition) is 0. The average Bonchev–Trinajstić information content (AvgIpc) is 2.69. The average molecular weight is 312 g/mol. The fourth-order valence-corrected chi connectivity index (χ4v) is 22.5. The van der Waals surface area contributed by atoms with E-state index in [9.17, 15) is 0 Å². The van der Waals surface area contributed by atoms with E-state index < -0.39 is 16.5 Å². The van der Waals surface area contributed by atoms with Gasteiger partial charge in [-0.25, -0.2) is 0 Å². The molecular formula is C17H37NSi2. The lowest BCUT2D eigenvalue weighted by atomic mass is 10.6. The summed E-state index contributed by atoms with van der Waals surface area (Å²) in [6.45, 7) is 14.9. The summed E-state index contributed by atoms with van der Waals surface area (Å²) < 4.78 is 3.17. The van der Waals surface area contributed by atoms with Crippen LogP contribution in [0.5, 0.6) is 0 Å². The summed E-state index contributed by atoms with van der Waals surface area (Å²) in [7, 11) is -2.34.